The molecule has 2 heterocycles. The minimum atomic E-state index is 0.0862. The Morgan fingerprint density at radius 3 is 2.83 bits per heavy atom. The maximum atomic E-state index is 6.01. The van der Waals surface area contributed by atoms with Gasteiger partial charge in [-0.05, 0) is 32.0 Å². The highest BCUT2D eigenvalue weighted by Crippen LogP contribution is 2.31. The van der Waals surface area contributed by atoms with Crippen molar-refractivity contribution >= 4 is 11.5 Å². The Morgan fingerprint density at radius 1 is 1.22 bits per heavy atom. The Bertz CT molecular complexity index is 449. The van der Waals surface area contributed by atoms with Crippen molar-refractivity contribution in [2.75, 3.05) is 19.8 Å². The monoisotopic (exact) mass is 244 g/mol. The summed E-state index contributed by atoms with van der Waals surface area (Å²) in [6.07, 6.45) is 3.99. The van der Waals surface area contributed by atoms with Crippen molar-refractivity contribution in [3.8, 4) is 0 Å². The third kappa shape index (κ3) is 2.26. The standard InChI is InChI=1S/C14H20N4/c15-14-13(11-6-2-3-7-12(11)17-14)16-10-18-8-4-1-5-9-18/h2-3,6-7,13,16H,1,4-5,8-10H2,(H2,15,17). The number of nitrogens with one attached hydrogen (secondary N) is 1. The molecule has 3 N–H and O–H groups in total. The second-order valence-electron chi connectivity index (χ2n) is 5.07. The predicted molar refractivity (Wildman–Crippen MR) is 73.9 cm³/mol. The average Bonchev–Trinajstić information content (AvgIpc) is 2.73. The number of hydrogen-bond donors (Lipinski definition) is 2. The first-order chi connectivity index (χ1) is 8.84. The third-order valence-electron chi connectivity index (χ3n) is 3.76. The van der Waals surface area contributed by atoms with Gasteiger partial charge in [0.05, 0.1) is 11.7 Å². The molecular weight excluding hydrogens is 224 g/mol. The molecule has 0 saturated carbocycles. The molecule has 1 aromatic rings. The first-order valence-electron chi connectivity index (χ1n) is 6.73. The van der Waals surface area contributed by atoms with Crippen LogP contribution in [0.2, 0.25) is 0 Å². The van der Waals surface area contributed by atoms with E-state index in [9.17, 15) is 0 Å². The van der Waals surface area contributed by atoms with Gasteiger partial charge in [0.15, 0.2) is 0 Å². The number of piperidine rings is 1. The van der Waals surface area contributed by atoms with Gasteiger partial charge in [-0.1, -0.05) is 24.6 Å². The van der Waals surface area contributed by atoms with Crippen LogP contribution in [0.1, 0.15) is 30.9 Å². The summed E-state index contributed by atoms with van der Waals surface area (Å²) in [5.41, 5.74) is 8.22. The molecule has 0 bridgehead atoms. The van der Waals surface area contributed by atoms with E-state index in [-0.39, 0.29) is 6.04 Å². The molecule has 0 spiro atoms. The van der Waals surface area contributed by atoms with Gasteiger partial charge < -0.3 is 5.73 Å². The van der Waals surface area contributed by atoms with Crippen LogP contribution in [0.25, 0.3) is 0 Å². The van der Waals surface area contributed by atoms with E-state index in [1.807, 2.05) is 18.2 Å². The third-order valence-corrected chi connectivity index (χ3v) is 3.76. The lowest BCUT2D eigenvalue weighted by Crippen LogP contribution is -2.42. The minimum Gasteiger partial charge on any atom is -0.386 e. The number of aliphatic imine (C=N–C) groups is 1. The topological polar surface area (TPSA) is 53.6 Å². The summed E-state index contributed by atoms with van der Waals surface area (Å²) < 4.78 is 0. The van der Waals surface area contributed by atoms with Crippen molar-refractivity contribution in [1.82, 2.24) is 10.2 Å². The maximum Gasteiger partial charge on any atom is 0.122 e. The Kier molecular flexibility index (Phi) is 3.30. The Balaban J connectivity index is 1.64. The van der Waals surface area contributed by atoms with Gasteiger partial charge in [0.1, 0.15) is 5.84 Å². The first-order valence-corrected chi connectivity index (χ1v) is 6.73. The molecule has 18 heavy (non-hydrogen) atoms. The summed E-state index contributed by atoms with van der Waals surface area (Å²) in [6.45, 7) is 3.28. The normalized spacial score (nSPS) is 23.8. The fourth-order valence-corrected chi connectivity index (χ4v) is 2.75. The molecule has 0 aromatic heterocycles. The van der Waals surface area contributed by atoms with Crippen LogP contribution in [0.15, 0.2) is 29.3 Å². The highest BCUT2D eigenvalue weighted by Gasteiger charge is 2.24. The number of amidine groups is 1. The molecule has 96 valence electrons. The smallest absolute Gasteiger partial charge is 0.122 e. The molecular formula is C14H20N4. The van der Waals surface area contributed by atoms with Crippen molar-refractivity contribution in [2.24, 2.45) is 10.7 Å². The van der Waals surface area contributed by atoms with E-state index >= 15 is 0 Å². The van der Waals surface area contributed by atoms with Crippen molar-refractivity contribution < 1.29 is 0 Å². The second-order valence-corrected chi connectivity index (χ2v) is 5.07. The molecule has 0 amide bonds. The van der Waals surface area contributed by atoms with Gasteiger partial charge >= 0.3 is 0 Å². The first kappa shape index (κ1) is 11.7. The number of rotatable bonds is 3. The lowest BCUT2D eigenvalue weighted by Gasteiger charge is -2.28. The van der Waals surface area contributed by atoms with Gasteiger partial charge in [0, 0.05) is 12.2 Å². The van der Waals surface area contributed by atoms with Gasteiger partial charge in [-0.3, -0.25) is 10.2 Å². The van der Waals surface area contributed by atoms with Crippen molar-refractivity contribution in [2.45, 2.75) is 25.3 Å². The van der Waals surface area contributed by atoms with Crippen LogP contribution in [0, 0.1) is 0 Å². The van der Waals surface area contributed by atoms with Crippen LogP contribution in [-0.4, -0.2) is 30.5 Å². The fourth-order valence-electron chi connectivity index (χ4n) is 2.75. The maximum absolute atomic E-state index is 6.01. The van der Waals surface area contributed by atoms with E-state index < -0.39 is 0 Å². The highest BCUT2D eigenvalue weighted by molar-refractivity contribution is 5.94. The molecule has 0 radical (unpaired) electrons. The largest absolute Gasteiger partial charge is 0.386 e. The number of nitrogens with two attached hydrogens (primary N) is 1. The van der Waals surface area contributed by atoms with Gasteiger partial charge in [0.25, 0.3) is 0 Å². The van der Waals surface area contributed by atoms with Crippen LogP contribution >= 0.6 is 0 Å². The van der Waals surface area contributed by atoms with E-state index in [0.717, 1.165) is 12.4 Å². The summed E-state index contributed by atoms with van der Waals surface area (Å²) in [5.74, 6) is 0.688. The zero-order chi connectivity index (χ0) is 12.4. The molecule has 3 rings (SSSR count). The molecule has 1 saturated heterocycles. The Morgan fingerprint density at radius 2 is 2.00 bits per heavy atom. The van der Waals surface area contributed by atoms with Crippen LogP contribution in [0.3, 0.4) is 0 Å². The van der Waals surface area contributed by atoms with E-state index in [4.69, 9.17) is 5.73 Å². The predicted octanol–water partition coefficient (Wildman–Crippen LogP) is 1.76. The van der Waals surface area contributed by atoms with Gasteiger partial charge in [-0.15, -0.1) is 0 Å². The summed E-state index contributed by atoms with van der Waals surface area (Å²) in [5, 5.41) is 3.53. The molecule has 4 heteroatoms. The van der Waals surface area contributed by atoms with Crippen molar-refractivity contribution in [3.05, 3.63) is 29.8 Å². The number of nitrogens with zero attached hydrogens (tertiary/aromatic N) is 2. The van der Waals surface area contributed by atoms with Gasteiger partial charge in [-0.25, -0.2) is 4.99 Å². The van der Waals surface area contributed by atoms with Crippen LogP contribution in [-0.2, 0) is 0 Å². The highest BCUT2D eigenvalue weighted by atomic mass is 15.2. The molecule has 1 fully saturated rings. The zero-order valence-electron chi connectivity index (χ0n) is 10.6. The number of benzene rings is 1. The zero-order valence-corrected chi connectivity index (χ0v) is 10.6. The van der Waals surface area contributed by atoms with Crippen molar-refractivity contribution in [1.29, 1.82) is 0 Å². The molecule has 2 aliphatic rings. The van der Waals surface area contributed by atoms with Crippen LogP contribution < -0.4 is 11.1 Å². The molecule has 1 aromatic carbocycles. The second kappa shape index (κ2) is 5.08. The summed E-state index contributed by atoms with van der Waals surface area (Å²) in [4.78, 5) is 6.87. The number of likely N-dealkylation sites (tertiary alicyclic amines) is 1. The summed E-state index contributed by atoms with van der Waals surface area (Å²) in [6, 6.07) is 8.26. The fraction of sp³-hybridized carbons (Fsp3) is 0.500. The Labute approximate surface area is 108 Å². The lowest BCUT2D eigenvalue weighted by molar-refractivity contribution is 0.209. The number of fused-ring (bicyclic) bond motifs is 1. The summed E-state index contributed by atoms with van der Waals surface area (Å²) >= 11 is 0. The van der Waals surface area contributed by atoms with E-state index in [1.165, 1.54) is 37.9 Å². The van der Waals surface area contributed by atoms with E-state index in [2.05, 4.69) is 21.3 Å². The van der Waals surface area contributed by atoms with Gasteiger partial charge in [-0.2, -0.15) is 0 Å². The molecule has 0 aliphatic carbocycles. The van der Waals surface area contributed by atoms with Crippen LogP contribution in [0.4, 0.5) is 5.69 Å². The van der Waals surface area contributed by atoms with E-state index in [1.54, 1.807) is 0 Å². The summed E-state index contributed by atoms with van der Waals surface area (Å²) in [7, 11) is 0. The number of hydrogen-bond acceptors (Lipinski definition) is 4. The molecule has 4 nitrogen and oxygen atoms in total. The van der Waals surface area contributed by atoms with E-state index in [0.29, 0.717) is 5.84 Å². The van der Waals surface area contributed by atoms with Gasteiger partial charge in [0.2, 0.25) is 0 Å². The quantitative estimate of drug-likeness (QED) is 0.852. The number of para-hydroxylation sites is 1. The average molecular weight is 244 g/mol. The Hall–Kier alpha value is -1.39. The molecule has 1 atom stereocenters. The van der Waals surface area contributed by atoms with Crippen LogP contribution in [0.5, 0.6) is 0 Å². The molecule has 2 aliphatic heterocycles. The molecule has 1 unspecified atom stereocenters. The lowest BCUT2D eigenvalue weighted by atomic mass is 10.1. The SMILES string of the molecule is NC1=Nc2ccccc2C1NCN1CCCCC1. The minimum absolute atomic E-state index is 0.0862. The van der Waals surface area contributed by atoms with Crippen molar-refractivity contribution in [3.63, 3.8) is 0 Å².